The van der Waals surface area contributed by atoms with Crippen LogP contribution in [0.4, 0.5) is 4.39 Å². The van der Waals surface area contributed by atoms with Gasteiger partial charge in [-0.2, -0.15) is 0 Å². The molecule has 1 amide bonds. The van der Waals surface area contributed by atoms with Gasteiger partial charge in [0.25, 0.3) is 5.91 Å². The van der Waals surface area contributed by atoms with E-state index in [2.05, 4.69) is 4.98 Å². The van der Waals surface area contributed by atoms with E-state index < -0.39 is 11.9 Å². The summed E-state index contributed by atoms with van der Waals surface area (Å²) in [5, 5.41) is 9.42. The minimum atomic E-state index is -0.883. The van der Waals surface area contributed by atoms with Crippen LogP contribution in [0.5, 0.6) is 0 Å². The fourth-order valence-electron chi connectivity index (χ4n) is 2.43. The number of carbonyl (C=O) groups excluding carboxylic acids is 1. The lowest BCUT2D eigenvalue weighted by atomic mass is 10.1. The number of aromatic nitrogens is 1. The number of carboxylic acids is 1. The number of hydrogen-bond donors (Lipinski definition) is 1. The van der Waals surface area contributed by atoms with E-state index in [0.717, 1.165) is 11.3 Å². The second-order valence-corrected chi connectivity index (χ2v) is 6.12. The number of rotatable bonds is 3. The van der Waals surface area contributed by atoms with Crippen molar-refractivity contribution in [3.8, 4) is 10.6 Å². The summed E-state index contributed by atoms with van der Waals surface area (Å²) in [6.07, 6.45) is 1.88. The van der Waals surface area contributed by atoms with Crippen LogP contribution in [0.2, 0.25) is 0 Å². The van der Waals surface area contributed by atoms with Crippen LogP contribution in [0.25, 0.3) is 10.6 Å². The number of carboxylic acid groups (broad SMARTS) is 1. The van der Waals surface area contributed by atoms with E-state index in [4.69, 9.17) is 5.11 Å². The Morgan fingerprint density at radius 2 is 2.00 bits per heavy atom. The summed E-state index contributed by atoms with van der Waals surface area (Å²) >= 11 is 1.11. The van der Waals surface area contributed by atoms with Crippen LogP contribution in [0, 0.1) is 11.7 Å². The van der Waals surface area contributed by atoms with E-state index in [9.17, 15) is 14.0 Å². The van der Waals surface area contributed by atoms with Crippen LogP contribution in [-0.4, -0.2) is 40.0 Å². The molecular weight excluding hydrogens is 378 g/mol. The molecule has 1 aliphatic heterocycles. The van der Waals surface area contributed by atoms with Crippen molar-refractivity contribution in [1.29, 1.82) is 0 Å². The van der Waals surface area contributed by atoms with Crippen LogP contribution in [0.15, 0.2) is 30.5 Å². The van der Waals surface area contributed by atoms with Crippen LogP contribution >= 0.6 is 36.2 Å². The van der Waals surface area contributed by atoms with E-state index >= 15 is 0 Å². The minimum absolute atomic E-state index is 0. The zero-order valence-electron chi connectivity index (χ0n) is 12.3. The Bertz CT molecular complexity index is 741. The summed E-state index contributed by atoms with van der Waals surface area (Å²) in [7, 11) is 0. The Balaban J connectivity index is 0.00000144. The number of thiazole rings is 1. The second kappa shape index (κ2) is 8.41. The molecule has 2 heterocycles. The molecule has 0 radical (unpaired) electrons. The van der Waals surface area contributed by atoms with Crippen molar-refractivity contribution in [2.45, 2.75) is 6.42 Å². The zero-order valence-corrected chi connectivity index (χ0v) is 14.8. The number of likely N-dealkylation sites (tertiary alicyclic amines) is 1. The van der Waals surface area contributed by atoms with Crippen LogP contribution in [-0.2, 0) is 4.79 Å². The van der Waals surface area contributed by atoms with Crippen molar-refractivity contribution in [2.75, 3.05) is 13.1 Å². The number of nitrogens with zero attached hydrogens (tertiary/aromatic N) is 2. The number of benzene rings is 1. The highest BCUT2D eigenvalue weighted by Crippen LogP contribution is 2.29. The first-order valence-corrected chi connectivity index (χ1v) is 7.60. The van der Waals surface area contributed by atoms with Gasteiger partial charge in [-0.15, -0.1) is 36.2 Å². The van der Waals surface area contributed by atoms with E-state index in [1.165, 1.54) is 17.2 Å². The summed E-state index contributed by atoms with van der Waals surface area (Å²) in [5.74, 6) is -2.03. The maximum Gasteiger partial charge on any atom is 0.308 e. The highest BCUT2D eigenvalue weighted by molar-refractivity contribution is 7.16. The number of aliphatic carboxylic acids is 1. The quantitative estimate of drug-likeness (QED) is 0.869. The van der Waals surface area contributed by atoms with Crippen LogP contribution < -0.4 is 0 Å². The summed E-state index contributed by atoms with van der Waals surface area (Å²) in [4.78, 5) is 29.3. The van der Waals surface area contributed by atoms with Crippen LogP contribution in [0.3, 0.4) is 0 Å². The molecule has 0 spiro atoms. The third-order valence-corrected chi connectivity index (χ3v) is 4.66. The molecule has 3 rings (SSSR count). The number of amides is 1. The highest BCUT2D eigenvalue weighted by Gasteiger charge is 2.32. The van der Waals surface area contributed by atoms with Crippen molar-refractivity contribution in [1.82, 2.24) is 9.88 Å². The lowest BCUT2D eigenvalue weighted by molar-refractivity contribution is -0.141. The van der Waals surface area contributed by atoms with Crippen molar-refractivity contribution in [3.63, 3.8) is 0 Å². The third kappa shape index (κ3) is 4.03. The van der Waals surface area contributed by atoms with Gasteiger partial charge in [-0.3, -0.25) is 9.59 Å². The van der Waals surface area contributed by atoms with E-state index in [0.29, 0.717) is 28.4 Å². The molecule has 1 N–H and O–H groups in total. The molecule has 1 aromatic heterocycles. The summed E-state index contributed by atoms with van der Waals surface area (Å²) in [5.41, 5.74) is 0.358. The van der Waals surface area contributed by atoms with Gasteiger partial charge in [-0.1, -0.05) is 12.1 Å². The van der Waals surface area contributed by atoms with Crippen molar-refractivity contribution < 1.29 is 19.1 Å². The van der Waals surface area contributed by atoms with Gasteiger partial charge in [-0.25, -0.2) is 9.37 Å². The Morgan fingerprint density at radius 3 is 2.62 bits per heavy atom. The monoisotopic (exact) mass is 392 g/mol. The average molecular weight is 393 g/mol. The molecule has 0 saturated carbocycles. The van der Waals surface area contributed by atoms with Gasteiger partial charge >= 0.3 is 5.97 Å². The Labute approximate surface area is 154 Å². The van der Waals surface area contributed by atoms with E-state index in [1.54, 1.807) is 18.2 Å². The molecule has 1 aliphatic rings. The molecule has 24 heavy (non-hydrogen) atoms. The Morgan fingerprint density at radius 1 is 1.29 bits per heavy atom. The predicted molar refractivity (Wildman–Crippen MR) is 93.7 cm³/mol. The topological polar surface area (TPSA) is 70.5 Å². The van der Waals surface area contributed by atoms with Crippen molar-refractivity contribution in [3.05, 3.63) is 41.2 Å². The standard InChI is InChI=1S/C15H13FN2O3S.2ClH/c16-11-4-2-1-3-10(11)13-17-7-12(22-13)14(19)18-6-5-9(8-18)15(20)21;;/h1-4,7,9H,5-6,8H2,(H,20,21);2*1H. The molecule has 2 aromatic rings. The predicted octanol–water partition coefficient (Wildman–Crippen LogP) is 3.34. The maximum atomic E-state index is 13.7. The average Bonchev–Trinajstić information content (AvgIpc) is 3.17. The SMILES string of the molecule is Cl.Cl.O=C(O)C1CCN(C(=O)c2cnc(-c3ccccc3F)s2)C1. The molecule has 5 nitrogen and oxygen atoms in total. The first-order valence-electron chi connectivity index (χ1n) is 6.79. The molecule has 1 aromatic carbocycles. The third-order valence-electron chi connectivity index (χ3n) is 3.65. The Hall–Kier alpha value is -1.70. The fraction of sp³-hybridized carbons (Fsp3) is 0.267. The van der Waals surface area contributed by atoms with Crippen LogP contribution in [0.1, 0.15) is 16.1 Å². The van der Waals surface area contributed by atoms with E-state index in [1.807, 2.05) is 0 Å². The lowest BCUT2D eigenvalue weighted by Gasteiger charge is -2.13. The van der Waals surface area contributed by atoms with Gasteiger partial charge in [0.05, 0.1) is 12.1 Å². The van der Waals surface area contributed by atoms with Gasteiger partial charge in [0.1, 0.15) is 15.7 Å². The highest BCUT2D eigenvalue weighted by atomic mass is 35.5. The zero-order chi connectivity index (χ0) is 15.7. The Kier molecular flexibility index (Phi) is 7.13. The second-order valence-electron chi connectivity index (χ2n) is 5.08. The molecule has 1 saturated heterocycles. The molecule has 9 heteroatoms. The van der Waals surface area contributed by atoms with Gasteiger partial charge < -0.3 is 10.0 Å². The van der Waals surface area contributed by atoms with Crippen molar-refractivity contribution >= 4 is 48.0 Å². The first-order chi connectivity index (χ1) is 10.6. The smallest absolute Gasteiger partial charge is 0.308 e. The molecule has 1 fully saturated rings. The summed E-state index contributed by atoms with van der Waals surface area (Å²) in [6.45, 7) is 0.629. The molecule has 0 aliphatic carbocycles. The van der Waals surface area contributed by atoms with Crippen molar-refractivity contribution in [2.24, 2.45) is 5.92 Å². The maximum absolute atomic E-state index is 13.7. The van der Waals surface area contributed by atoms with Gasteiger partial charge in [0, 0.05) is 18.7 Å². The molecule has 1 unspecified atom stereocenters. The largest absolute Gasteiger partial charge is 0.481 e. The summed E-state index contributed by atoms with van der Waals surface area (Å²) in [6, 6.07) is 6.25. The molecule has 130 valence electrons. The molecule has 1 atom stereocenters. The van der Waals surface area contributed by atoms with Gasteiger partial charge in [0.2, 0.25) is 0 Å². The molecular formula is C15H15Cl2FN2O3S. The lowest BCUT2D eigenvalue weighted by Crippen LogP contribution is -2.29. The number of carbonyl (C=O) groups is 2. The molecule has 0 bridgehead atoms. The summed E-state index contributed by atoms with van der Waals surface area (Å²) < 4.78 is 13.7. The van der Waals surface area contributed by atoms with Gasteiger partial charge in [-0.05, 0) is 18.6 Å². The number of halogens is 3. The van der Waals surface area contributed by atoms with Gasteiger partial charge in [0.15, 0.2) is 0 Å². The fourth-order valence-corrected chi connectivity index (χ4v) is 3.35. The normalized spacial score (nSPS) is 16.2. The minimum Gasteiger partial charge on any atom is -0.481 e. The first kappa shape index (κ1) is 20.3. The van der Waals surface area contributed by atoms with E-state index in [-0.39, 0.29) is 43.1 Å². The number of hydrogen-bond acceptors (Lipinski definition) is 4.